The van der Waals surface area contributed by atoms with Gasteiger partial charge in [-0.2, -0.15) is 0 Å². The summed E-state index contributed by atoms with van der Waals surface area (Å²) in [5.74, 6) is -0.153. The molecule has 3 aromatic carbocycles. The molecule has 6 nitrogen and oxygen atoms in total. The van der Waals surface area contributed by atoms with Crippen LogP contribution in [-0.2, 0) is 10.0 Å². The van der Waals surface area contributed by atoms with Crippen LogP contribution in [0.3, 0.4) is 0 Å². The smallest absolute Gasteiger partial charge is 0.261 e. The lowest BCUT2D eigenvalue weighted by Crippen LogP contribution is -2.18. The SMILES string of the molecule is COc1ccc(NS(=O)(=O)c2ccccc2)c(C(=O)Nc2ccc(Cl)c(Cl)c2)c1. The van der Waals surface area contributed by atoms with Crippen molar-refractivity contribution in [2.24, 2.45) is 0 Å². The molecule has 29 heavy (non-hydrogen) atoms. The van der Waals surface area contributed by atoms with Gasteiger partial charge in [-0.25, -0.2) is 8.42 Å². The van der Waals surface area contributed by atoms with Crippen molar-refractivity contribution in [3.63, 3.8) is 0 Å². The standard InChI is InChI=1S/C20H16Cl2N2O4S/c1-28-14-8-10-19(24-29(26,27)15-5-3-2-4-6-15)16(12-14)20(25)23-13-7-9-17(21)18(22)11-13/h2-12,24H,1H3,(H,23,25). The van der Waals surface area contributed by atoms with Gasteiger partial charge in [0.15, 0.2) is 0 Å². The van der Waals surface area contributed by atoms with E-state index in [4.69, 9.17) is 27.9 Å². The lowest BCUT2D eigenvalue weighted by Gasteiger charge is -2.14. The van der Waals surface area contributed by atoms with Crippen molar-refractivity contribution < 1.29 is 17.9 Å². The lowest BCUT2D eigenvalue weighted by molar-refractivity contribution is 0.102. The Bertz CT molecular complexity index is 1150. The number of sulfonamides is 1. The third-order valence-corrected chi connectivity index (χ3v) is 6.07. The summed E-state index contributed by atoms with van der Waals surface area (Å²) in [7, 11) is -2.44. The zero-order valence-electron chi connectivity index (χ0n) is 15.1. The van der Waals surface area contributed by atoms with Crippen molar-refractivity contribution in [3.05, 3.63) is 82.3 Å². The van der Waals surface area contributed by atoms with Crippen molar-refractivity contribution in [3.8, 4) is 5.75 Å². The number of rotatable bonds is 6. The summed E-state index contributed by atoms with van der Waals surface area (Å²) < 4.78 is 32.9. The topological polar surface area (TPSA) is 84.5 Å². The highest BCUT2D eigenvalue weighted by Gasteiger charge is 2.20. The van der Waals surface area contributed by atoms with Gasteiger partial charge in [0.05, 0.1) is 33.3 Å². The second-order valence-electron chi connectivity index (χ2n) is 5.91. The Morgan fingerprint density at radius 2 is 1.66 bits per heavy atom. The first-order chi connectivity index (χ1) is 13.8. The van der Waals surface area contributed by atoms with E-state index in [9.17, 15) is 13.2 Å². The number of nitrogens with one attached hydrogen (secondary N) is 2. The maximum Gasteiger partial charge on any atom is 0.261 e. The Morgan fingerprint density at radius 1 is 0.931 bits per heavy atom. The highest BCUT2D eigenvalue weighted by atomic mass is 35.5. The van der Waals surface area contributed by atoms with Gasteiger partial charge < -0.3 is 10.1 Å². The Kier molecular flexibility index (Phi) is 6.32. The van der Waals surface area contributed by atoms with Crippen LogP contribution in [0, 0.1) is 0 Å². The summed E-state index contributed by atoms with van der Waals surface area (Å²) in [6, 6.07) is 16.9. The molecule has 0 unspecified atom stereocenters. The van der Waals surface area contributed by atoms with Gasteiger partial charge in [-0.3, -0.25) is 9.52 Å². The van der Waals surface area contributed by atoms with E-state index in [2.05, 4.69) is 10.0 Å². The minimum absolute atomic E-state index is 0.0756. The number of carbonyl (C=O) groups excluding carboxylic acids is 1. The minimum Gasteiger partial charge on any atom is -0.497 e. The van der Waals surface area contributed by atoms with E-state index in [0.29, 0.717) is 16.5 Å². The number of carbonyl (C=O) groups is 1. The second kappa shape index (κ2) is 8.73. The van der Waals surface area contributed by atoms with Crippen molar-refractivity contribution in [2.45, 2.75) is 4.90 Å². The Morgan fingerprint density at radius 3 is 2.31 bits per heavy atom. The van der Waals surface area contributed by atoms with Crippen LogP contribution in [0.15, 0.2) is 71.6 Å². The fourth-order valence-electron chi connectivity index (χ4n) is 2.50. The molecule has 0 aliphatic rings. The zero-order chi connectivity index (χ0) is 21.0. The van der Waals surface area contributed by atoms with E-state index in [1.807, 2.05) is 0 Å². The zero-order valence-corrected chi connectivity index (χ0v) is 17.5. The maximum absolute atomic E-state index is 12.8. The molecular weight excluding hydrogens is 435 g/mol. The Balaban J connectivity index is 1.95. The van der Waals surface area contributed by atoms with Crippen molar-refractivity contribution >= 4 is 50.5 Å². The Hall–Kier alpha value is -2.74. The summed E-state index contributed by atoms with van der Waals surface area (Å²) in [4.78, 5) is 12.9. The van der Waals surface area contributed by atoms with E-state index >= 15 is 0 Å². The first-order valence-corrected chi connectivity index (χ1v) is 10.6. The fraction of sp³-hybridized carbons (Fsp3) is 0.0500. The number of hydrogen-bond donors (Lipinski definition) is 2. The summed E-state index contributed by atoms with van der Waals surface area (Å²) in [6.07, 6.45) is 0. The van der Waals surface area contributed by atoms with E-state index in [0.717, 1.165) is 0 Å². The van der Waals surface area contributed by atoms with Crippen LogP contribution in [0.4, 0.5) is 11.4 Å². The third kappa shape index (κ3) is 5.00. The summed E-state index contributed by atoms with van der Waals surface area (Å²) >= 11 is 11.9. The molecule has 0 aliphatic heterocycles. The molecule has 0 saturated carbocycles. The third-order valence-electron chi connectivity index (χ3n) is 3.95. The van der Waals surface area contributed by atoms with E-state index in [1.54, 1.807) is 36.4 Å². The molecule has 0 radical (unpaired) electrons. The number of ether oxygens (including phenoxy) is 1. The largest absolute Gasteiger partial charge is 0.497 e. The van der Waals surface area contributed by atoms with E-state index < -0.39 is 15.9 Å². The first-order valence-electron chi connectivity index (χ1n) is 8.32. The predicted octanol–water partition coefficient (Wildman–Crippen LogP) is 5.06. The van der Waals surface area contributed by atoms with Crippen LogP contribution >= 0.6 is 23.2 Å². The monoisotopic (exact) mass is 450 g/mol. The first kappa shape index (κ1) is 21.0. The van der Waals surface area contributed by atoms with Gasteiger partial charge in [0, 0.05) is 5.69 Å². The predicted molar refractivity (Wildman–Crippen MR) is 115 cm³/mol. The van der Waals surface area contributed by atoms with Crippen molar-refractivity contribution in [1.29, 1.82) is 0 Å². The van der Waals surface area contributed by atoms with Crippen molar-refractivity contribution in [2.75, 3.05) is 17.1 Å². The molecule has 0 heterocycles. The number of anilines is 2. The van der Waals surface area contributed by atoms with Crippen LogP contribution in [0.5, 0.6) is 5.75 Å². The number of halogens is 2. The molecule has 1 amide bonds. The van der Waals surface area contributed by atoms with Crippen LogP contribution < -0.4 is 14.8 Å². The minimum atomic E-state index is -3.88. The van der Waals surface area contributed by atoms with Crippen LogP contribution in [0.25, 0.3) is 0 Å². The molecular formula is C20H16Cl2N2O4S. The van der Waals surface area contributed by atoms with Gasteiger partial charge in [0.1, 0.15) is 5.75 Å². The number of benzene rings is 3. The number of methoxy groups -OCH3 is 1. The van der Waals surface area contributed by atoms with Gasteiger partial charge in [0.25, 0.3) is 15.9 Å². The molecule has 0 bridgehead atoms. The molecule has 0 aromatic heterocycles. The average molecular weight is 451 g/mol. The van der Waals surface area contributed by atoms with Gasteiger partial charge in [0.2, 0.25) is 0 Å². The normalized spacial score (nSPS) is 11.0. The molecule has 150 valence electrons. The Labute approximate surface area is 178 Å². The average Bonchev–Trinajstić information content (AvgIpc) is 2.71. The number of hydrogen-bond acceptors (Lipinski definition) is 4. The van der Waals surface area contributed by atoms with Gasteiger partial charge in [-0.1, -0.05) is 41.4 Å². The maximum atomic E-state index is 12.8. The van der Waals surface area contributed by atoms with E-state index in [1.165, 1.54) is 37.4 Å². The van der Waals surface area contributed by atoms with Crippen LogP contribution in [-0.4, -0.2) is 21.4 Å². The molecule has 2 N–H and O–H groups in total. The highest BCUT2D eigenvalue weighted by Crippen LogP contribution is 2.28. The summed E-state index contributed by atoms with van der Waals surface area (Å²) in [5, 5.41) is 3.30. The number of amides is 1. The van der Waals surface area contributed by atoms with E-state index in [-0.39, 0.29) is 21.2 Å². The highest BCUT2D eigenvalue weighted by molar-refractivity contribution is 7.92. The van der Waals surface area contributed by atoms with Gasteiger partial charge >= 0.3 is 0 Å². The fourth-order valence-corrected chi connectivity index (χ4v) is 3.90. The molecule has 0 aliphatic carbocycles. The summed E-state index contributed by atoms with van der Waals surface area (Å²) in [5.41, 5.74) is 0.589. The summed E-state index contributed by atoms with van der Waals surface area (Å²) in [6.45, 7) is 0. The van der Waals surface area contributed by atoms with Crippen LogP contribution in [0.1, 0.15) is 10.4 Å². The molecule has 9 heteroatoms. The van der Waals surface area contributed by atoms with Crippen molar-refractivity contribution in [1.82, 2.24) is 0 Å². The quantitative estimate of drug-likeness (QED) is 0.549. The molecule has 0 fully saturated rings. The molecule has 3 rings (SSSR count). The molecule has 0 atom stereocenters. The van der Waals surface area contributed by atoms with Crippen LogP contribution in [0.2, 0.25) is 10.0 Å². The molecule has 0 spiro atoms. The van der Waals surface area contributed by atoms with Gasteiger partial charge in [-0.15, -0.1) is 0 Å². The van der Waals surface area contributed by atoms with Gasteiger partial charge in [-0.05, 0) is 48.5 Å². The molecule has 0 saturated heterocycles. The lowest BCUT2D eigenvalue weighted by atomic mass is 10.1. The second-order valence-corrected chi connectivity index (χ2v) is 8.41. The molecule has 3 aromatic rings.